The Morgan fingerprint density at radius 3 is 1.25 bits per heavy atom. The van der Waals surface area contributed by atoms with Crippen LogP contribution in [0.1, 0.15) is 22.3 Å². The molecule has 158 valence electrons. The minimum Gasteiger partial charge on any atom is -0.344 e. The molecule has 0 unspecified atom stereocenters. The summed E-state index contributed by atoms with van der Waals surface area (Å²) < 4.78 is 0. The summed E-state index contributed by atoms with van der Waals surface area (Å²) in [6.07, 6.45) is 6.63. The Morgan fingerprint density at radius 1 is 0.438 bits per heavy atom. The molecular weight excluding hydrogens is 388 g/mol. The first-order chi connectivity index (χ1) is 15.7. The van der Waals surface area contributed by atoms with E-state index in [9.17, 15) is 0 Å². The van der Waals surface area contributed by atoms with Crippen molar-refractivity contribution in [1.29, 1.82) is 0 Å². The highest BCUT2D eigenvalue weighted by Crippen LogP contribution is 2.35. The molecule has 6 rings (SSSR count). The SMILES string of the molecule is CN1c2ccccc2C=Cc2ccccc21.CN1c2ccccc2CCc2ccccc21. The number of hydrogen-bond donors (Lipinski definition) is 0. The van der Waals surface area contributed by atoms with Crippen LogP contribution < -0.4 is 9.80 Å². The van der Waals surface area contributed by atoms with E-state index in [1.54, 1.807) is 0 Å². The number of rotatable bonds is 0. The van der Waals surface area contributed by atoms with Crippen molar-refractivity contribution in [2.24, 2.45) is 0 Å². The van der Waals surface area contributed by atoms with Crippen LogP contribution in [0.4, 0.5) is 22.7 Å². The highest BCUT2D eigenvalue weighted by atomic mass is 15.1. The van der Waals surface area contributed by atoms with E-state index >= 15 is 0 Å². The van der Waals surface area contributed by atoms with Crippen LogP contribution in [-0.4, -0.2) is 14.1 Å². The van der Waals surface area contributed by atoms with E-state index in [1.807, 2.05) is 0 Å². The van der Waals surface area contributed by atoms with Gasteiger partial charge in [-0.25, -0.2) is 0 Å². The number of benzene rings is 4. The average Bonchev–Trinajstić information content (AvgIpc) is 3.09. The molecule has 0 fully saturated rings. The van der Waals surface area contributed by atoms with Crippen molar-refractivity contribution in [3.8, 4) is 0 Å². The van der Waals surface area contributed by atoms with Crippen LogP contribution in [0.25, 0.3) is 12.2 Å². The summed E-state index contributed by atoms with van der Waals surface area (Å²) in [4.78, 5) is 4.54. The second kappa shape index (κ2) is 8.76. The van der Waals surface area contributed by atoms with E-state index in [2.05, 4.69) is 133 Å². The Labute approximate surface area is 191 Å². The summed E-state index contributed by atoms with van der Waals surface area (Å²) in [5.41, 5.74) is 10.6. The zero-order valence-corrected chi connectivity index (χ0v) is 18.7. The average molecular weight is 417 g/mol. The molecule has 2 heteroatoms. The van der Waals surface area contributed by atoms with Gasteiger partial charge in [-0.1, -0.05) is 84.9 Å². The first-order valence-corrected chi connectivity index (χ1v) is 11.2. The molecule has 2 nitrogen and oxygen atoms in total. The van der Waals surface area contributed by atoms with Crippen molar-refractivity contribution in [3.63, 3.8) is 0 Å². The number of para-hydroxylation sites is 4. The van der Waals surface area contributed by atoms with Gasteiger partial charge in [0.25, 0.3) is 0 Å². The van der Waals surface area contributed by atoms with Gasteiger partial charge in [-0.15, -0.1) is 0 Å². The van der Waals surface area contributed by atoms with Crippen molar-refractivity contribution in [2.45, 2.75) is 12.8 Å². The third kappa shape index (κ3) is 3.80. The lowest BCUT2D eigenvalue weighted by molar-refractivity contribution is 0.977. The van der Waals surface area contributed by atoms with Crippen LogP contribution >= 0.6 is 0 Å². The van der Waals surface area contributed by atoms with Crippen molar-refractivity contribution < 1.29 is 0 Å². The highest BCUT2D eigenvalue weighted by molar-refractivity contribution is 5.88. The number of anilines is 4. The molecule has 0 saturated carbocycles. The monoisotopic (exact) mass is 416 g/mol. The standard InChI is InChI=1S/C15H15N.C15H13N/c2*1-16-14-8-4-2-6-12(14)10-11-13-7-3-5-9-15(13)16/h2-9H,10-11H2,1H3;2-11H,1H3. The Hall–Kier alpha value is -3.78. The molecule has 2 heterocycles. The van der Waals surface area contributed by atoms with E-state index in [0.29, 0.717) is 0 Å². The molecule has 0 amide bonds. The number of aryl methyl sites for hydroxylation is 2. The summed E-state index contributed by atoms with van der Waals surface area (Å²) in [7, 11) is 4.27. The second-order valence-electron chi connectivity index (χ2n) is 8.33. The summed E-state index contributed by atoms with van der Waals surface area (Å²) in [6.45, 7) is 0. The maximum Gasteiger partial charge on any atom is 0.0481 e. The van der Waals surface area contributed by atoms with Gasteiger partial charge in [-0.2, -0.15) is 0 Å². The topological polar surface area (TPSA) is 6.48 Å². The lowest BCUT2D eigenvalue weighted by atomic mass is 10.0. The highest BCUT2D eigenvalue weighted by Gasteiger charge is 2.16. The largest absolute Gasteiger partial charge is 0.344 e. The Bertz CT molecular complexity index is 1170. The quantitative estimate of drug-likeness (QED) is 0.293. The van der Waals surface area contributed by atoms with E-state index in [-0.39, 0.29) is 0 Å². The predicted molar refractivity (Wildman–Crippen MR) is 138 cm³/mol. The van der Waals surface area contributed by atoms with Crippen molar-refractivity contribution in [1.82, 2.24) is 0 Å². The molecule has 0 spiro atoms. The molecule has 0 radical (unpaired) electrons. The smallest absolute Gasteiger partial charge is 0.0481 e. The molecule has 0 bridgehead atoms. The molecular formula is C30H28N2. The van der Waals surface area contributed by atoms with Gasteiger partial charge in [0.05, 0.1) is 0 Å². The maximum atomic E-state index is 2.30. The number of hydrogen-bond acceptors (Lipinski definition) is 2. The van der Waals surface area contributed by atoms with Gasteiger partial charge in [-0.3, -0.25) is 0 Å². The first kappa shape index (κ1) is 20.1. The van der Waals surface area contributed by atoms with Gasteiger partial charge in [0.2, 0.25) is 0 Å². The molecule has 0 N–H and O–H groups in total. The maximum absolute atomic E-state index is 2.30. The van der Waals surface area contributed by atoms with Gasteiger partial charge in [-0.05, 0) is 59.4 Å². The molecule has 32 heavy (non-hydrogen) atoms. The Kier molecular flexibility index (Phi) is 5.51. The lowest BCUT2D eigenvalue weighted by Gasteiger charge is -2.21. The normalized spacial score (nSPS) is 13.4. The van der Waals surface area contributed by atoms with Crippen molar-refractivity contribution >= 4 is 34.9 Å². The molecule has 0 aromatic heterocycles. The van der Waals surface area contributed by atoms with Gasteiger partial charge >= 0.3 is 0 Å². The third-order valence-corrected chi connectivity index (χ3v) is 6.41. The minimum absolute atomic E-state index is 1.14. The van der Waals surface area contributed by atoms with E-state index in [1.165, 1.54) is 45.0 Å². The van der Waals surface area contributed by atoms with E-state index in [4.69, 9.17) is 0 Å². The number of nitrogens with zero attached hydrogens (tertiary/aromatic N) is 2. The molecule has 0 aliphatic carbocycles. The van der Waals surface area contributed by atoms with Gasteiger partial charge < -0.3 is 9.80 Å². The summed E-state index contributed by atoms with van der Waals surface area (Å²) in [5, 5.41) is 0. The van der Waals surface area contributed by atoms with Gasteiger partial charge in [0, 0.05) is 36.8 Å². The third-order valence-electron chi connectivity index (χ3n) is 6.41. The van der Waals surface area contributed by atoms with Crippen molar-refractivity contribution in [3.05, 3.63) is 119 Å². The zero-order valence-electron chi connectivity index (χ0n) is 18.7. The Morgan fingerprint density at radius 2 is 0.781 bits per heavy atom. The zero-order chi connectivity index (χ0) is 21.9. The summed E-state index contributed by atoms with van der Waals surface area (Å²) in [5.74, 6) is 0. The molecule has 2 aliphatic heterocycles. The van der Waals surface area contributed by atoms with Crippen LogP contribution in [-0.2, 0) is 12.8 Å². The second-order valence-corrected chi connectivity index (χ2v) is 8.33. The lowest BCUT2D eigenvalue weighted by Crippen LogP contribution is -2.10. The van der Waals surface area contributed by atoms with E-state index in [0.717, 1.165) is 12.8 Å². The van der Waals surface area contributed by atoms with Crippen molar-refractivity contribution in [2.75, 3.05) is 23.9 Å². The van der Waals surface area contributed by atoms with Crippen LogP contribution in [0.3, 0.4) is 0 Å². The molecule has 0 atom stereocenters. The van der Waals surface area contributed by atoms with Crippen LogP contribution in [0, 0.1) is 0 Å². The van der Waals surface area contributed by atoms with Gasteiger partial charge in [0.15, 0.2) is 0 Å². The fraction of sp³-hybridized carbons (Fsp3) is 0.133. The molecule has 4 aromatic carbocycles. The van der Waals surface area contributed by atoms with E-state index < -0.39 is 0 Å². The summed E-state index contributed by atoms with van der Waals surface area (Å²) >= 11 is 0. The van der Waals surface area contributed by atoms with Gasteiger partial charge in [0.1, 0.15) is 0 Å². The first-order valence-electron chi connectivity index (χ1n) is 11.2. The van der Waals surface area contributed by atoms with Crippen LogP contribution in [0.2, 0.25) is 0 Å². The Balaban J connectivity index is 0.000000135. The predicted octanol–water partition coefficient (Wildman–Crippen LogP) is 7.49. The van der Waals surface area contributed by atoms with Crippen LogP contribution in [0.5, 0.6) is 0 Å². The minimum atomic E-state index is 1.14. The number of fused-ring (bicyclic) bond motifs is 4. The van der Waals surface area contributed by atoms with Crippen LogP contribution in [0.15, 0.2) is 97.1 Å². The fourth-order valence-corrected chi connectivity index (χ4v) is 4.68. The molecule has 2 aliphatic rings. The summed E-state index contributed by atoms with van der Waals surface area (Å²) in [6, 6.07) is 34.3. The molecule has 4 aromatic rings. The molecule has 0 saturated heterocycles. The fourth-order valence-electron chi connectivity index (χ4n) is 4.68.